The molecule has 2 heterocycles. The quantitative estimate of drug-likeness (QED) is 0.684. The molecule has 1 aromatic carbocycles. The van der Waals surface area contributed by atoms with Gasteiger partial charge in [-0.3, -0.25) is 9.48 Å². The molecule has 2 aromatic rings. The summed E-state index contributed by atoms with van der Waals surface area (Å²) < 4.78 is 6.93. The molecular formula is C23H34N4O4. The molecule has 1 fully saturated rings. The molecule has 0 spiro atoms. The van der Waals surface area contributed by atoms with Crippen molar-refractivity contribution >= 4 is 22.9 Å². The van der Waals surface area contributed by atoms with E-state index in [1.54, 1.807) is 12.0 Å². The van der Waals surface area contributed by atoms with E-state index < -0.39 is 6.09 Å². The molecule has 0 bridgehead atoms. The Morgan fingerprint density at radius 3 is 2.71 bits per heavy atom. The second kappa shape index (κ2) is 9.26. The van der Waals surface area contributed by atoms with Gasteiger partial charge in [-0.05, 0) is 48.8 Å². The lowest BCUT2D eigenvalue weighted by molar-refractivity contribution is 0.0367. The lowest BCUT2D eigenvalue weighted by Gasteiger charge is -2.44. The third-order valence-corrected chi connectivity index (χ3v) is 6.14. The van der Waals surface area contributed by atoms with Crippen molar-refractivity contribution in [2.45, 2.75) is 53.1 Å². The predicted molar refractivity (Wildman–Crippen MR) is 119 cm³/mol. The third-order valence-electron chi connectivity index (χ3n) is 6.14. The molecule has 31 heavy (non-hydrogen) atoms. The van der Waals surface area contributed by atoms with Gasteiger partial charge in [-0.1, -0.05) is 20.8 Å². The summed E-state index contributed by atoms with van der Waals surface area (Å²) in [6.45, 7) is 10.4. The third kappa shape index (κ3) is 5.36. The highest BCUT2D eigenvalue weighted by molar-refractivity contribution is 5.99. The van der Waals surface area contributed by atoms with Crippen molar-refractivity contribution in [2.24, 2.45) is 11.3 Å². The molecule has 1 aliphatic heterocycles. The molecule has 170 valence electrons. The summed E-state index contributed by atoms with van der Waals surface area (Å²) in [5.41, 5.74) is 2.27. The molecule has 0 radical (unpaired) electrons. The summed E-state index contributed by atoms with van der Waals surface area (Å²) >= 11 is 0. The molecule has 2 unspecified atom stereocenters. The zero-order valence-corrected chi connectivity index (χ0v) is 19.1. The van der Waals surface area contributed by atoms with E-state index in [-0.39, 0.29) is 17.4 Å². The van der Waals surface area contributed by atoms with Crippen LogP contribution in [0, 0.1) is 18.3 Å². The second-order valence-corrected chi connectivity index (χ2v) is 9.57. The van der Waals surface area contributed by atoms with E-state index in [1.165, 1.54) is 0 Å². The van der Waals surface area contributed by atoms with Crippen LogP contribution in [-0.2, 0) is 11.3 Å². The maximum Gasteiger partial charge on any atom is 0.407 e. The van der Waals surface area contributed by atoms with Gasteiger partial charge in [0.2, 0.25) is 0 Å². The molecule has 2 atom stereocenters. The molecule has 8 heteroatoms. The largest absolute Gasteiger partial charge is 0.465 e. The minimum Gasteiger partial charge on any atom is -0.465 e. The van der Waals surface area contributed by atoms with Crippen molar-refractivity contribution in [3.05, 3.63) is 29.5 Å². The monoisotopic (exact) mass is 430 g/mol. The molecule has 3 rings (SSSR count). The number of carbonyl (C=O) groups excluding carboxylic acids is 1. The van der Waals surface area contributed by atoms with Crippen molar-refractivity contribution in [2.75, 3.05) is 26.8 Å². The van der Waals surface area contributed by atoms with Crippen LogP contribution in [0.1, 0.15) is 49.5 Å². The van der Waals surface area contributed by atoms with E-state index in [4.69, 9.17) is 9.84 Å². The summed E-state index contributed by atoms with van der Waals surface area (Å²) in [5, 5.41) is 18.1. The highest BCUT2D eigenvalue weighted by atomic mass is 16.5. The molecule has 1 aromatic heterocycles. The molecule has 1 saturated heterocycles. The fourth-order valence-corrected chi connectivity index (χ4v) is 4.45. The van der Waals surface area contributed by atoms with Crippen LogP contribution in [0.25, 0.3) is 10.9 Å². The first kappa shape index (κ1) is 23.1. The van der Waals surface area contributed by atoms with Crippen LogP contribution in [0.3, 0.4) is 0 Å². The molecular weight excluding hydrogens is 396 g/mol. The first-order chi connectivity index (χ1) is 14.6. The van der Waals surface area contributed by atoms with Crippen molar-refractivity contribution in [1.29, 1.82) is 0 Å². The van der Waals surface area contributed by atoms with Gasteiger partial charge in [0, 0.05) is 49.9 Å². The smallest absolute Gasteiger partial charge is 0.407 e. The van der Waals surface area contributed by atoms with Gasteiger partial charge in [0.1, 0.15) is 0 Å². The van der Waals surface area contributed by atoms with Crippen LogP contribution in [0.4, 0.5) is 4.79 Å². The number of rotatable bonds is 6. The summed E-state index contributed by atoms with van der Waals surface area (Å²) in [6, 6.07) is 3.82. The Hall–Kier alpha value is -2.61. The molecule has 8 nitrogen and oxygen atoms in total. The summed E-state index contributed by atoms with van der Waals surface area (Å²) in [4.78, 5) is 25.7. The van der Waals surface area contributed by atoms with Crippen molar-refractivity contribution in [3.63, 3.8) is 0 Å². The molecule has 1 aliphatic rings. The van der Waals surface area contributed by atoms with Crippen LogP contribution in [0.5, 0.6) is 0 Å². The topological polar surface area (TPSA) is 96.7 Å². The van der Waals surface area contributed by atoms with E-state index in [9.17, 15) is 14.7 Å². The highest BCUT2D eigenvalue weighted by Gasteiger charge is 2.38. The maximum atomic E-state index is 12.5. The second-order valence-electron chi connectivity index (χ2n) is 9.57. The number of nitrogens with one attached hydrogen (secondary N) is 1. The predicted octanol–water partition coefficient (Wildman–Crippen LogP) is 3.53. The zero-order valence-electron chi connectivity index (χ0n) is 19.1. The van der Waals surface area contributed by atoms with E-state index in [0.29, 0.717) is 31.2 Å². The van der Waals surface area contributed by atoms with Crippen LogP contribution in [0.15, 0.2) is 18.3 Å². The number of methoxy groups -OCH3 is 1. The SMILES string of the molecule is COCCNC(=O)c1cc2cn(CC3CCN(C(=O)O)C(C(C)(C)C)C3)nc2cc1C. The Bertz CT molecular complexity index is 947. The van der Waals surface area contributed by atoms with Crippen LogP contribution < -0.4 is 5.32 Å². The van der Waals surface area contributed by atoms with Gasteiger partial charge in [0.25, 0.3) is 5.91 Å². The summed E-state index contributed by atoms with van der Waals surface area (Å²) in [6.07, 6.45) is 2.78. The average Bonchev–Trinajstić information content (AvgIpc) is 3.07. The lowest BCUT2D eigenvalue weighted by Crippen LogP contribution is -2.52. The van der Waals surface area contributed by atoms with Crippen LogP contribution in [-0.4, -0.2) is 64.6 Å². The number of nitrogens with zero attached hydrogens (tertiary/aromatic N) is 3. The van der Waals surface area contributed by atoms with Gasteiger partial charge < -0.3 is 20.1 Å². The maximum absolute atomic E-state index is 12.5. The highest BCUT2D eigenvalue weighted by Crippen LogP contribution is 2.35. The fraction of sp³-hybridized carbons (Fsp3) is 0.609. The van der Waals surface area contributed by atoms with Gasteiger partial charge in [-0.25, -0.2) is 4.79 Å². The zero-order chi connectivity index (χ0) is 22.8. The Labute approximate surface area is 183 Å². The lowest BCUT2D eigenvalue weighted by atomic mass is 9.77. The minimum atomic E-state index is -0.838. The average molecular weight is 431 g/mol. The number of hydrogen-bond donors (Lipinski definition) is 2. The molecule has 2 amide bonds. The number of fused-ring (bicyclic) bond motifs is 1. The number of piperidine rings is 1. The van der Waals surface area contributed by atoms with Crippen molar-refractivity contribution in [3.8, 4) is 0 Å². The van der Waals surface area contributed by atoms with Crippen LogP contribution in [0.2, 0.25) is 0 Å². The number of aromatic nitrogens is 2. The molecule has 2 N–H and O–H groups in total. The number of hydrogen-bond acceptors (Lipinski definition) is 4. The number of amides is 2. The van der Waals surface area contributed by atoms with Gasteiger partial charge in [-0.15, -0.1) is 0 Å². The summed E-state index contributed by atoms with van der Waals surface area (Å²) in [5.74, 6) is 0.241. The number of benzene rings is 1. The van der Waals surface area contributed by atoms with E-state index in [2.05, 4.69) is 26.1 Å². The van der Waals surface area contributed by atoms with Gasteiger partial charge in [0.05, 0.1) is 12.1 Å². The van der Waals surface area contributed by atoms with Crippen molar-refractivity contribution < 1.29 is 19.4 Å². The first-order valence-electron chi connectivity index (χ1n) is 10.8. The first-order valence-corrected chi connectivity index (χ1v) is 10.8. The molecule has 0 saturated carbocycles. The van der Waals surface area contributed by atoms with Gasteiger partial charge in [-0.2, -0.15) is 5.10 Å². The van der Waals surface area contributed by atoms with E-state index in [0.717, 1.165) is 35.9 Å². The standard InChI is InChI=1S/C23H34N4O4/c1-15-10-19-17(12-18(15)21(28)24-7-9-31-5)14-26(25-19)13-16-6-8-27(22(29)30)20(11-16)23(2,3)4/h10,12,14,16,20H,6-9,11,13H2,1-5H3,(H,24,28)(H,29,30). The molecule has 0 aliphatic carbocycles. The number of carbonyl (C=O) groups is 2. The summed E-state index contributed by atoms with van der Waals surface area (Å²) in [7, 11) is 1.60. The normalized spacial score (nSPS) is 19.6. The fourth-order valence-electron chi connectivity index (χ4n) is 4.45. The number of carboxylic acid groups (broad SMARTS) is 1. The van der Waals surface area contributed by atoms with E-state index >= 15 is 0 Å². The van der Waals surface area contributed by atoms with Gasteiger partial charge >= 0.3 is 6.09 Å². The number of aryl methyl sites for hydroxylation is 1. The van der Waals surface area contributed by atoms with E-state index in [1.807, 2.05) is 29.9 Å². The van der Waals surface area contributed by atoms with Crippen molar-refractivity contribution in [1.82, 2.24) is 20.0 Å². The minimum absolute atomic E-state index is 0.0154. The number of ether oxygens (including phenoxy) is 1. The number of likely N-dealkylation sites (tertiary alicyclic amines) is 1. The Balaban J connectivity index is 1.75. The Kier molecular flexibility index (Phi) is 6.89. The Morgan fingerprint density at radius 2 is 2.06 bits per heavy atom. The Morgan fingerprint density at radius 1 is 1.32 bits per heavy atom. The van der Waals surface area contributed by atoms with Crippen LogP contribution >= 0.6 is 0 Å². The van der Waals surface area contributed by atoms with Gasteiger partial charge in [0.15, 0.2) is 0 Å².